The molecular weight excluding hydrogens is 569 g/mol. The molecule has 0 unspecified atom stereocenters. The third-order valence-electron chi connectivity index (χ3n) is 10.9. The van der Waals surface area contributed by atoms with Crippen LogP contribution in [0.1, 0.15) is 44.5 Å². The molecule has 7 aromatic rings. The fourth-order valence-corrected chi connectivity index (χ4v) is 9.27. The van der Waals surface area contributed by atoms with Crippen LogP contribution in [0.4, 0.5) is 28.4 Å². The highest BCUT2D eigenvalue weighted by Crippen LogP contribution is 2.67. The van der Waals surface area contributed by atoms with Crippen LogP contribution in [0.2, 0.25) is 0 Å². The maximum atomic E-state index is 2.45. The summed E-state index contributed by atoms with van der Waals surface area (Å²) in [6, 6.07) is 65.5. The average molecular weight is 601 g/mol. The minimum Gasteiger partial charge on any atom is -0.344 e. The van der Waals surface area contributed by atoms with E-state index in [9.17, 15) is 0 Å². The van der Waals surface area contributed by atoms with E-state index in [0.717, 1.165) is 5.69 Å². The first-order chi connectivity index (χ1) is 23.3. The normalized spacial score (nSPS) is 15.6. The summed E-state index contributed by atoms with van der Waals surface area (Å²) in [5.74, 6) is 0. The van der Waals surface area contributed by atoms with E-state index < -0.39 is 10.8 Å². The first kappa shape index (κ1) is 26.4. The molecule has 2 spiro atoms. The maximum absolute atomic E-state index is 2.45. The third kappa shape index (κ3) is 3.15. The molecule has 2 heteroatoms. The molecule has 2 nitrogen and oxygen atoms in total. The molecule has 0 aromatic heterocycles. The lowest BCUT2D eigenvalue weighted by molar-refractivity contribution is 0.606. The SMILES string of the molecule is CN1c2ccccc2C2(c3ccccc31)c1ccccc1C1(c3ccccc3N(c3ccccc3)c3ccccc31)c1ccccc12. The van der Waals surface area contributed by atoms with Gasteiger partial charge in [0.25, 0.3) is 0 Å². The van der Waals surface area contributed by atoms with Crippen molar-refractivity contribution in [1.82, 2.24) is 0 Å². The van der Waals surface area contributed by atoms with Crippen molar-refractivity contribution in [2.24, 2.45) is 0 Å². The lowest BCUT2D eigenvalue weighted by Crippen LogP contribution is -2.49. The number of hydrogen-bond donors (Lipinski definition) is 0. The van der Waals surface area contributed by atoms with E-state index in [1.165, 1.54) is 67.3 Å². The van der Waals surface area contributed by atoms with Crippen LogP contribution >= 0.6 is 0 Å². The zero-order chi connectivity index (χ0) is 31.2. The molecule has 2 aliphatic heterocycles. The average Bonchev–Trinajstić information content (AvgIpc) is 3.15. The highest BCUT2D eigenvalue weighted by atomic mass is 15.2. The highest BCUT2D eigenvalue weighted by Gasteiger charge is 2.58. The molecule has 0 bridgehead atoms. The first-order valence-electron chi connectivity index (χ1n) is 16.4. The molecule has 0 radical (unpaired) electrons. The Morgan fingerprint density at radius 1 is 0.298 bits per heavy atom. The van der Waals surface area contributed by atoms with Gasteiger partial charge in [-0.05, 0) is 80.9 Å². The molecule has 0 saturated heterocycles. The Morgan fingerprint density at radius 3 is 0.957 bits per heavy atom. The molecule has 10 rings (SSSR count). The van der Waals surface area contributed by atoms with Gasteiger partial charge in [-0.25, -0.2) is 0 Å². The summed E-state index contributed by atoms with van der Waals surface area (Å²) >= 11 is 0. The van der Waals surface area contributed by atoms with Gasteiger partial charge in [-0.15, -0.1) is 0 Å². The second-order valence-corrected chi connectivity index (χ2v) is 12.9. The van der Waals surface area contributed by atoms with Crippen molar-refractivity contribution >= 4 is 28.4 Å². The monoisotopic (exact) mass is 600 g/mol. The Kier molecular flexibility index (Phi) is 5.37. The number of anilines is 5. The zero-order valence-corrected chi connectivity index (χ0v) is 26.1. The van der Waals surface area contributed by atoms with Crippen molar-refractivity contribution in [3.8, 4) is 0 Å². The van der Waals surface area contributed by atoms with Crippen LogP contribution in [0.3, 0.4) is 0 Å². The summed E-state index contributed by atoms with van der Waals surface area (Å²) in [6.45, 7) is 0. The molecule has 3 aliphatic rings. The van der Waals surface area contributed by atoms with E-state index in [0.29, 0.717) is 0 Å². The molecule has 1 aliphatic carbocycles. The second-order valence-electron chi connectivity index (χ2n) is 12.9. The molecule has 47 heavy (non-hydrogen) atoms. The predicted octanol–water partition coefficient (Wildman–Crippen LogP) is 10.6. The summed E-state index contributed by atoms with van der Waals surface area (Å²) in [5, 5.41) is 0. The minimum absolute atomic E-state index is 0.501. The molecule has 0 saturated carbocycles. The van der Waals surface area contributed by atoms with Crippen LogP contribution < -0.4 is 9.80 Å². The van der Waals surface area contributed by atoms with E-state index >= 15 is 0 Å². The Balaban J connectivity index is 1.41. The summed E-state index contributed by atoms with van der Waals surface area (Å²) < 4.78 is 0. The van der Waals surface area contributed by atoms with Crippen LogP contribution in [0, 0.1) is 0 Å². The fraction of sp³-hybridized carbons (Fsp3) is 0.0667. The quantitative estimate of drug-likeness (QED) is 0.185. The Bertz CT molecular complexity index is 2210. The summed E-state index contributed by atoms with van der Waals surface area (Å²) in [4.78, 5) is 4.82. The van der Waals surface area contributed by atoms with Gasteiger partial charge in [0.15, 0.2) is 0 Å². The van der Waals surface area contributed by atoms with Crippen molar-refractivity contribution in [3.63, 3.8) is 0 Å². The van der Waals surface area contributed by atoms with Crippen molar-refractivity contribution in [1.29, 1.82) is 0 Å². The van der Waals surface area contributed by atoms with Crippen LogP contribution in [0.15, 0.2) is 176 Å². The minimum atomic E-state index is -0.538. The predicted molar refractivity (Wildman–Crippen MR) is 193 cm³/mol. The summed E-state index contributed by atoms with van der Waals surface area (Å²) in [6.07, 6.45) is 0. The molecule has 222 valence electrons. The number of benzene rings is 7. The van der Waals surface area contributed by atoms with Crippen LogP contribution in [-0.4, -0.2) is 7.05 Å². The van der Waals surface area contributed by atoms with Gasteiger partial charge in [0.2, 0.25) is 0 Å². The molecule has 0 amide bonds. The van der Waals surface area contributed by atoms with Gasteiger partial charge in [0.05, 0.1) is 22.2 Å². The number of fused-ring (bicyclic) bond motifs is 14. The fourth-order valence-electron chi connectivity index (χ4n) is 9.27. The van der Waals surface area contributed by atoms with E-state index in [2.05, 4.69) is 193 Å². The zero-order valence-electron chi connectivity index (χ0n) is 26.1. The van der Waals surface area contributed by atoms with Gasteiger partial charge in [0.1, 0.15) is 0 Å². The van der Waals surface area contributed by atoms with Crippen LogP contribution in [0.5, 0.6) is 0 Å². The van der Waals surface area contributed by atoms with Gasteiger partial charge < -0.3 is 9.80 Å². The largest absolute Gasteiger partial charge is 0.344 e. The van der Waals surface area contributed by atoms with Gasteiger partial charge in [-0.3, -0.25) is 0 Å². The van der Waals surface area contributed by atoms with E-state index in [-0.39, 0.29) is 0 Å². The molecule has 0 atom stereocenters. The Labute approximate surface area is 275 Å². The Hall–Kier alpha value is -5.86. The maximum Gasteiger partial charge on any atom is 0.0748 e. The van der Waals surface area contributed by atoms with Crippen molar-refractivity contribution < 1.29 is 0 Å². The number of rotatable bonds is 1. The van der Waals surface area contributed by atoms with Gasteiger partial charge in [0, 0.05) is 24.1 Å². The summed E-state index contributed by atoms with van der Waals surface area (Å²) in [7, 11) is 2.21. The van der Waals surface area contributed by atoms with Crippen LogP contribution in [0.25, 0.3) is 0 Å². The first-order valence-corrected chi connectivity index (χ1v) is 16.4. The molecular formula is C45H32N2. The third-order valence-corrected chi connectivity index (χ3v) is 10.9. The second kappa shape index (κ2) is 9.57. The highest BCUT2D eigenvalue weighted by molar-refractivity contribution is 5.93. The number of hydrogen-bond acceptors (Lipinski definition) is 2. The summed E-state index contributed by atoms with van der Waals surface area (Å²) in [5.41, 5.74) is 15.6. The molecule has 2 heterocycles. The van der Waals surface area contributed by atoms with E-state index in [1.807, 2.05) is 0 Å². The lowest BCUT2D eigenvalue weighted by Gasteiger charge is -2.55. The van der Waals surface area contributed by atoms with Crippen molar-refractivity contribution in [2.45, 2.75) is 10.8 Å². The van der Waals surface area contributed by atoms with Gasteiger partial charge >= 0.3 is 0 Å². The molecule has 0 fully saturated rings. The van der Waals surface area contributed by atoms with Crippen molar-refractivity contribution in [2.75, 3.05) is 16.8 Å². The van der Waals surface area contributed by atoms with Crippen LogP contribution in [-0.2, 0) is 10.8 Å². The Morgan fingerprint density at radius 2 is 0.574 bits per heavy atom. The van der Waals surface area contributed by atoms with Crippen molar-refractivity contribution in [3.05, 3.63) is 220 Å². The standard InChI is InChI=1S/C45H32N2/c1-46-40-27-13-9-23-36(40)44(37-24-10-14-28-41(37)46)32-19-5-7-21-34(32)45(35-22-8-6-20-33(35)44)38-25-11-15-29-42(38)47(31-17-3-2-4-18-31)43-30-16-12-26-39(43)45/h2-30H,1H3. The number of para-hydroxylation sites is 5. The molecule has 7 aromatic carbocycles. The van der Waals surface area contributed by atoms with E-state index in [1.54, 1.807) is 0 Å². The topological polar surface area (TPSA) is 6.48 Å². The smallest absolute Gasteiger partial charge is 0.0748 e. The van der Waals surface area contributed by atoms with Gasteiger partial charge in [-0.1, -0.05) is 140 Å². The lowest BCUT2D eigenvalue weighted by atomic mass is 9.49. The van der Waals surface area contributed by atoms with Gasteiger partial charge in [-0.2, -0.15) is 0 Å². The molecule has 0 N–H and O–H groups in total. The number of nitrogens with zero attached hydrogens (tertiary/aromatic N) is 2. The van der Waals surface area contributed by atoms with E-state index in [4.69, 9.17) is 0 Å².